The molecule has 1 N–H and O–H groups in total. The third-order valence-corrected chi connectivity index (χ3v) is 4.77. The lowest BCUT2D eigenvalue weighted by molar-refractivity contribution is -0.118. The number of fused-ring (bicyclic) bond motifs is 1. The Morgan fingerprint density at radius 3 is 2.85 bits per heavy atom. The number of amides is 1. The summed E-state index contributed by atoms with van der Waals surface area (Å²) in [6, 6.07) is 4.87. The summed E-state index contributed by atoms with van der Waals surface area (Å²) in [5, 5.41) is 0. The Balaban J connectivity index is 2.39. The van der Waals surface area contributed by atoms with Gasteiger partial charge >= 0.3 is 0 Å². The van der Waals surface area contributed by atoms with Crippen LogP contribution in [0.5, 0.6) is 0 Å². The van der Waals surface area contributed by atoms with Crippen LogP contribution in [-0.2, 0) is 21.2 Å². The number of carbonyl (C=O) groups excluding carboxylic acids is 1. The maximum Gasteiger partial charge on any atom is 0.240 e. The molecular weight excluding hydrogens is 276 g/mol. The summed E-state index contributed by atoms with van der Waals surface area (Å²) in [7, 11) is -1.80. The molecule has 0 fully saturated rings. The van der Waals surface area contributed by atoms with E-state index < -0.39 is 10.0 Å². The van der Waals surface area contributed by atoms with Gasteiger partial charge in [-0.2, -0.15) is 0 Å². The minimum atomic E-state index is -3.52. The van der Waals surface area contributed by atoms with Crippen LogP contribution >= 0.6 is 0 Å². The lowest BCUT2D eigenvalue weighted by Gasteiger charge is -2.18. The zero-order valence-electron chi connectivity index (χ0n) is 11.4. The number of aryl methyl sites for hydroxylation is 1. The van der Waals surface area contributed by atoms with Crippen LogP contribution in [0.1, 0.15) is 18.4 Å². The van der Waals surface area contributed by atoms with Gasteiger partial charge in [0.1, 0.15) is 0 Å². The number of rotatable bonds is 4. The van der Waals surface area contributed by atoms with Crippen molar-refractivity contribution in [1.29, 1.82) is 0 Å². The molecule has 0 atom stereocenters. The molecule has 20 heavy (non-hydrogen) atoms. The first kappa shape index (κ1) is 14.7. The number of anilines is 1. The lowest BCUT2D eigenvalue weighted by atomic mass is 10.1. The van der Waals surface area contributed by atoms with Crippen molar-refractivity contribution in [2.24, 2.45) is 0 Å². The van der Waals surface area contributed by atoms with Crippen molar-refractivity contribution >= 4 is 21.6 Å². The Morgan fingerprint density at radius 2 is 2.15 bits per heavy atom. The summed E-state index contributed by atoms with van der Waals surface area (Å²) < 4.78 is 26.6. The highest BCUT2D eigenvalue weighted by Crippen LogP contribution is 2.28. The summed E-state index contributed by atoms with van der Waals surface area (Å²) in [6.07, 6.45) is 3.42. The van der Waals surface area contributed by atoms with Crippen molar-refractivity contribution in [3.05, 3.63) is 36.4 Å². The molecule has 1 aliphatic rings. The van der Waals surface area contributed by atoms with E-state index in [1.54, 1.807) is 24.1 Å². The molecule has 1 aromatic carbocycles. The average molecular weight is 294 g/mol. The third-order valence-electron chi connectivity index (χ3n) is 3.35. The van der Waals surface area contributed by atoms with Crippen LogP contribution in [0.2, 0.25) is 0 Å². The van der Waals surface area contributed by atoms with Crippen LogP contribution in [0, 0.1) is 0 Å². The van der Waals surface area contributed by atoms with Crippen LogP contribution in [0.25, 0.3) is 0 Å². The third kappa shape index (κ3) is 2.91. The monoisotopic (exact) mass is 294 g/mol. The van der Waals surface area contributed by atoms with Crippen LogP contribution in [0.4, 0.5) is 5.69 Å². The van der Waals surface area contributed by atoms with Gasteiger partial charge in [-0.15, -0.1) is 6.58 Å². The van der Waals surface area contributed by atoms with Crippen LogP contribution < -0.4 is 9.62 Å². The first-order valence-electron chi connectivity index (χ1n) is 6.46. The molecule has 1 aromatic rings. The van der Waals surface area contributed by atoms with Crippen molar-refractivity contribution in [3.63, 3.8) is 0 Å². The summed E-state index contributed by atoms with van der Waals surface area (Å²) in [5.41, 5.74) is 1.68. The molecule has 2 rings (SSSR count). The first-order chi connectivity index (χ1) is 9.45. The quantitative estimate of drug-likeness (QED) is 0.855. The molecule has 6 heteroatoms. The van der Waals surface area contributed by atoms with Crippen molar-refractivity contribution in [1.82, 2.24) is 4.72 Å². The van der Waals surface area contributed by atoms with Gasteiger partial charge in [0.05, 0.1) is 4.90 Å². The molecular formula is C14H18N2O3S. The van der Waals surface area contributed by atoms with E-state index in [4.69, 9.17) is 0 Å². The second-order valence-electron chi connectivity index (χ2n) is 4.74. The number of benzene rings is 1. The van der Waals surface area contributed by atoms with Gasteiger partial charge < -0.3 is 4.90 Å². The molecule has 0 aliphatic carbocycles. The summed E-state index contributed by atoms with van der Waals surface area (Å²) >= 11 is 0. The highest BCUT2D eigenvalue weighted by molar-refractivity contribution is 7.89. The minimum Gasteiger partial charge on any atom is -0.315 e. The summed E-state index contributed by atoms with van der Waals surface area (Å²) in [4.78, 5) is 13.6. The number of nitrogens with one attached hydrogen (secondary N) is 1. The fourth-order valence-corrected chi connectivity index (χ4v) is 3.29. The van der Waals surface area contributed by atoms with E-state index in [-0.39, 0.29) is 17.3 Å². The van der Waals surface area contributed by atoms with Crippen LogP contribution in [0.3, 0.4) is 0 Å². The fraction of sp³-hybridized carbons (Fsp3) is 0.357. The number of carbonyl (C=O) groups is 1. The molecule has 1 amide bonds. The Morgan fingerprint density at radius 1 is 1.40 bits per heavy atom. The first-order valence-corrected chi connectivity index (χ1v) is 7.94. The van der Waals surface area contributed by atoms with Crippen LogP contribution in [0.15, 0.2) is 35.7 Å². The Labute approximate surface area is 119 Å². The van der Waals surface area contributed by atoms with Gasteiger partial charge in [-0.05, 0) is 36.6 Å². The predicted molar refractivity (Wildman–Crippen MR) is 78.2 cm³/mol. The smallest absolute Gasteiger partial charge is 0.240 e. The number of nitrogens with zero attached hydrogens (tertiary/aromatic N) is 1. The number of hydrogen-bond donors (Lipinski definition) is 1. The maximum absolute atomic E-state index is 12.1. The molecule has 1 aliphatic heterocycles. The molecule has 0 saturated carbocycles. The SMILES string of the molecule is C=CCNS(=O)(=O)c1ccc2c(c1)CCCC(=O)N2C. The van der Waals surface area contributed by atoms with Crippen LogP contribution in [-0.4, -0.2) is 27.9 Å². The van der Waals surface area contributed by atoms with E-state index in [0.29, 0.717) is 12.8 Å². The van der Waals surface area contributed by atoms with Gasteiger partial charge in [0.2, 0.25) is 15.9 Å². The van der Waals surface area contributed by atoms with Crippen molar-refractivity contribution in [2.45, 2.75) is 24.2 Å². The molecule has 0 bridgehead atoms. The van der Waals surface area contributed by atoms with Gasteiger partial charge in [-0.3, -0.25) is 4.79 Å². The van der Waals surface area contributed by atoms with E-state index in [1.807, 2.05) is 0 Å². The van der Waals surface area contributed by atoms with E-state index >= 15 is 0 Å². The summed E-state index contributed by atoms with van der Waals surface area (Å²) in [6.45, 7) is 3.68. The number of hydrogen-bond acceptors (Lipinski definition) is 3. The van der Waals surface area contributed by atoms with Gasteiger partial charge in [-0.1, -0.05) is 6.08 Å². The molecule has 0 saturated heterocycles. The minimum absolute atomic E-state index is 0.0594. The van der Waals surface area contributed by atoms with E-state index in [2.05, 4.69) is 11.3 Å². The predicted octanol–water partition coefficient (Wildman–Crippen LogP) is 1.45. The summed E-state index contributed by atoms with van der Waals surface area (Å²) in [5.74, 6) is 0.0594. The molecule has 0 unspecified atom stereocenters. The molecule has 1 heterocycles. The second-order valence-corrected chi connectivity index (χ2v) is 6.50. The molecule has 5 nitrogen and oxygen atoms in total. The molecule has 0 aromatic heterocycles. The Kier molecular flexibility index (Phi) is 4.25. The van der Waals surface area contributed by atoms with Crippen molar-refractivity contribution < 1.29 is 13.2 Å². The Hall–Kier alpha value is -1.66. The lowest BCUT2D eigenvalue weighted by Crippen LogP contribution is -2.26. The Bertz CT molecular complexity index is 638. The number of sulfonamides is 1. The van der Waals surface area contributed by atoms with Gasteiger partial charge in [0.25, 0.3) is 0 Å². The average Bonchev–Trinajstić information content (AvgIpc) is 2.57. The largest absolute Gasteiger partial charge is 0.315 e. The van der Waals surface area contributed by atoms with Crippen molar-refractivity contribution in [3.8, 4) is 0 Å². The van der Waals surface area contributed by atoms with E-state index in [0.717, 1.165) is 17.7 Å². The van der Waals surface area contributed by atoms with Gasteiger partial charge in [0, 0.05) is 25.7 Å². The van der Waals surface area contributed by atoms with E-state index in [9.17, 15) is 13.2 Å². The molecule has 0 spiro atoms. The zero-order valence-corrected chi connectivity index (χ0v) is 12.2. The maximum atomic E-state index is 12.1. The molecule has 108 valence electrons. The van der Waals surface area contributed by atoms with Gasteiger partial charge in [0.15, 0.2) is 0 Å². The van der Waals surface area contributed by atoms with Gasteiger partial charge in [-0.25, -0.2) is 13.1 Å². The highest BCUT2D eigenvalue weighted by atomic mass is 32.2. The fourth-order valence-electron chi connectivity index (χ4n) is 2.24. The standard InChI is InChI=1S/C14H18N2O3S/c1-3-9-15-20(18,19)12-7-8-13-11(10-12)5-4-6-14(17)16(13)2/h3,7-8,10,15H,1,4-6,9H2,2H3. The topological polar surface area (TPSA) is 66.5 Å². The normalized spacial score (nSPS) is 15.7. The second kappa shape index (κ2) is 5.76. The highest BCUT2D eigenvalue weighted by Gasteiger charge is 2.21. The van der Waals surface area contributed by atoms with E-state index in [1.165, 1.54) is 12.1 Å². The van der Waals surface area contributed by atoms with Crippen molar-refractivity contribution in [2.75, 3.05) is 18.5 Å². The zero-order chi connectivity index (χ0) is 14.8. The molecule has 0 radical (unpaired) electrons.